The van der Waals surface area contributed by atoms with Crippen molar-refractivity contribution in [2.75, 3.05) is 12.4 Å². The van der Waals surface area contributed by atoms with Gasteiger partial charge in [0.2, 0.25) is 0 Å². The minimum atomic E-state index is -0.650. The van der Waals surface area contributed by atoms with Gasteiger partial charge in [0.05, 0.1) is 29.9 Å². The molecule has 2 heterocycles. The Labute approximate surface area is 181 Å². The van der Waals surface area contributed by atoms with Crippen LogP contribution < -0.4 is 10.6 Å². The van der Waals surface area contributed by atoms with E-state index in [4.69, 9.17) is 16.9 Å². The van der Waals surface area contributed by atoms with Crippen molar-refractivity contribution in [1.29, 1.82) is 5.26 Å². The van der Waals surface area contributed by atoms with E-state index in [0.29, 0.717) is 22.8 Å². The van der Waals surface area contributed by atoms with E-state index >= 15 is 0 Å². The molecule has 0 radical (unpaired) electrons. The van der Waals surface area contributed by atoms with Crippen LogP contribution in [0, 0.1) is 11.3 Å². The van der Waals surface area contributed by atoms with Gasteiger partial charge in [0.15, 0.2) is 5.13 Å². The van der Waals surface area contributed by atoms with E-state index in [2.05, 4.69) is 25.5 Å². The van der Waals surface area contributed by atoms with E-state index in [1.54, 1.807) is 34.5 Å². The largest absolute Gasteiger partial charge is 0.453 e. The number of hydrogen-bond acceptors (Lipinski definition) is 7. The van der Waals surface area contributed by atoms with Crippen LogP contribution in [0.2, 0.25) is 5.02 Å². The lowest BCUT2D eigenvalue weighted by Crippen LogP contribution is -2.36. The number of carbonyl (C=O) groups excluding carboxylic acids is 2. The fourth-order valence-electron chi connectivity index (χ4n) is 2.58. The number of ether oxygens (including phenoxy) is 1. The molecule has 0 spiro atoms. The number of aromatic nitrogens is 3. The highest BCUT2D eigenvalue weighted by molar-refractivity contribution is 7.14. The third-order valence-electron chi connectivity index (χ3n) is 4.00. The van der Waals surface area contributed by atoms with Crippen LogP contribution in [0.25, 0.3) is 11.3 Å². The Balaban J connectivity index is 1.60. The molecule has 0 aliphatic heterocycles. The van der Waals surface area contributed by atoms with Crippen molar-refractivity contribution in [1.82, 2.24) is 20.1 Å². The Morgan fingerprint density at radius 2 is 2.20 bits per heavy atom. The molecule has 3 aromatic rings. The number of nitrogens with zero attached hydrogens (tertiary/aromatic N) is 4. The number of carbonyl (C=O) groups is 2. The molecule has 1 unspecified atom stereocenters. The van der Waals surface area contributed by atoms with E-state index in [-0.39, 0.29) is 22.8 Å². The number of hydrogen-bond donors (Lipinski definition) is 2. The van der Waals surface area contributed by atoms with Gasteiger partial charge in [-0.05, 0) is 25.1 Å². The van der Waals surface area contributed by atoms with Gasteiger partial charge in [-0.15, -0.1) is 11.3 Å². The number of thiazole rings is 1. The van der Waals surface area contributed by atoms with Crippen molar-refractivity contribution >= 4 is 40.1 Å². The fourth-order valence-corrected chi connectivity index (χ4v) is 3.48. The van der Waals surface area contributed by atoms with Crippen LogP contribution in [0.15, 0.2) is 35.8 Å². The van der Waals surface area contributed by atoms with E-state index in [1.807, 2.05) is 19.1 Å². The van der Waals surface area contributed by atoms with Crippen molar-refractivity contribution in [2.24, 2.45) is 0 Å². The Bertz CT molecular complexity index is 1120. The minimum Gasteiger partial charge on any atom is -0.453 e. The molecule has 0 saturated heterocycles. The summed E-state index contributed by atoms with van der Waals surface area (Å²) in [6.07, 6.45) is 1.15. The van der Waals surface area contributed by atoms with Crippen LogP contribution in [0.1, 0.15) is 23.0 Å². The number of halogens is 1. The zero-order chi connectivity index (χ0) is 21.7. The van der Waals surface area contributed by atoms with Crippen molar-refractivity contribution in [3.63, 3.8) is 0 Å². The summed E-state index contributed by atoms with van der Waals surface area (Å²) in [6, 6.07) is 8.75. The summed E-state index contributed by atoms with van der Waals surface area (Å²) in [7, 11) is 1.24. The molecular formula is C19H17ClN6O3S. The predicted molar refractivity (Wildman–Crippen MR) is 112 cm³/mol. The van der Waals surface area contributed by atoms with Crippen molar-refractivity contribution in [2.45, 2.75) is 19.5 Å². The smallest absolute Gasteiger partial charge is 0.413 e. The lowest BCUT2D eigenvalue weighted by Gasteiger charge is -2.13. The Morgan fingerprint density at radius 3 is 2.90 bits per heavy atom. The molecule has 9 nitrogen and oxygen atoms in total. The SMILES string of the molecule is COC(=O)Nc1nc(C(=O)NC(C)Cn2ccc(-c3ccc(C#N)c(Cl)c3)n2)cs1. The summed E-state index contributed by atoms with van der Waals surface area (Å²) in [5.41, 5.74) is 2.11. The monoisotopic (exact) mass is 444 g/mol. The van der Waals surface area contributed by atoms with Crippen LogP contribution >= 0.6 is 22.9 Å². The van der Waals surface area contributed by atoms with Gasteiger partial charge >= 0.3 is 6.09 Å². The quantitative estimate of drug-likeness (QED) is 0.599. The van der Waals surface area contributed by atoms with Crippen LogP contribution in [0.4, 0.5) is 9.93 Å². The van der Waals surface area contributed by atoms with Gasteiger partial charge in [0, 0.05) is 23.2 Å². The maximum atomic E-state index is 12.4. The molecule has 2 amide bonds. The summed E-state index contributed by atoms with van der Waals surface area (Å²) in [4.78, 5) is 27.6. The van der Waals surface area contributed by atoms with Crippen molar-refractivity contribution in [3.05, 3.63) is 52.1 Å². The highest BCUT2D eigenvalue weighted by Gasteiger charge is 2.15. The summed E-state index contributed by atoms with van der Waals surface area (Å²) < 4.78 is 6.20. The number of anilines is 1. The molecule has 0 bridgehead atoms. The van der Waals surface area contributed by atoms with E-state index in [1.165, 1.54) is 7.11 Å². The third-order valence-corrected chi connectivity index (χ3v) is 5.07. The first-order valence-electron chi connectivity index (χ1n) is 8.74. The fraction of sp³-hybridized carbons (Fsp3) is 0.211. The first kappa shape index (κ1) is 21.3. The molecule has 2 aromatic heterocycles. The first-order chi connectivity index (χ1) is 14.4. The standard InChI is InChI=1S/C19H17ClN6O3S/c1-11(22-17(27)16-10-30-18(23-16)24-19(28)29-2)9-26-6-5-15(25-26)12-3-4-13(8-21)14(20)7-12/h3-7,10-11H,9H2,1-2H3,(H,22,27)(H,23,24,28). The number of methoxy groups -OCH3 is 1. The molecule has 0 saturated carbocycles. The average molecular weight is 445 g/mol. The molecule has 11 heteroatoms. The van der Waals surface area contributed by atoms with Crippen LogP contribution in [0.3, 0.4) is 0 Å². The third kappa shape index (κ3) is 5.14. The molecule has 3 rings (SSSR count). The zero-order valence-electron chi connectivity index (χ0n) is 16.0. The Morgan fingerprint density at radius 1 is 1.40 bits per heavy atom. The normalized spacial score (nSPS) is 11.4. The van der Waals surface area contributed by atoms with E-state index in [0.717, 1.165) is 16.9 Å². The molecule has 1 atom stereocenters. The topological polar surface area (TPSA) is 122 Å². The average Bonchev–Trinajstić information content (AvgIpc) is 3.37. The van der Waals surface area contributed by atoms with Gasteiger partial charge in [-0.2, -0.15) is 10.4 Å². The summed E-state index contributed by atoms with van der Waals surface area (Å²) >= 11 is 7.21. The van der Waals surface area contributed by atoms with E-state index < -0.39 is 6.09 Å². The van der Waals surface area contributed by atoms with Crippen molar-refractivity contribution < 1.29 is 14.3 Å². The van der Waals surface area contributed by atoms with Crippen LogP contribution in [-0.4, -0.2) is 39.9 Å². The van der Waals surface area contributed by atoms with Gasteiger partial charge in [0.1, 0.15) is 11.8 Å². The van der Waals surface area contributed by atoms with E-state index in [9.17, 15) is 9.59 Å². The number of amides is 2. The molecule has 0 aliphatic carbocycles. The Hall–Kier alpha value is -3.42. The van der Waals surface area contributed by atoms with Crippen LogP contribution in [-0.2, 0) is 11.3 Å². The summed E-state index contributed by atoms with van der Waals surface area (Å²) in [5, 5.41) is 20.9. The number of nitrogens with one attached hydrogen (secondary N) is 2. The minimum absolute atomic E-state index is 0.201. The second-order valence-electron chi connectivity index (χ2n) is 6.26. The lowest BCUT2D eigenvalue weighted by molar-refractivity contribution is 0.0931. The molecule has 1 aromatic carbocycles. The number of benzene rings is 1. The highest BCUT2D eigenvalue weighted by Crippen LogP contribution is 2.24. The zero-order valence-corrected chi connectivity index (χ0v) is 17.6. The maximum Gasteiger partial charge on any atom is 0.413 e. The predicted octanol–water partition coefficient (Wildman–Crippen LogP) is 3.53. The van der Waals surface area contributed by atoms with Crippen LogP contribution in [0.5, 0.6) is 0 Å². The summed E-state index contributed by atoms with van der Waals surface area (Å²) in [5.74, 6) is -0.358. The lowest BCUT2D eigenvalue weighted by atomic mass is 10.1. The van der Waals surface area contributed by atoms with Gasteiger partial charge in [-0.25, -0.2) is 9.78 Å². The molecule has 0 aliphatic rings. The molecule has 154 valence electrons. The maximum absolute atomic E-state index is 12.4. The van der Waals surface area contributed by atoms with Crippen molar-refractivity contribution in [3.8, 4) is 17.3 Å². The molecule has 0 fully saturated rings. The number of nitriles is 1. The highest BCUT2D eigenvalue weighted by atomic mass is 35.5. The Kier molecular flexibility index (Phi) is 6.66. The first-order valence-corrected chi connectivity index (χ1v) is 10.00. The van der Waals surface area contributed by atoms with Gasteiger partial charge in [-0.3, -0.25) is 14.8 Å². The van der Waals surface area contributed by atoms with Gasteiger partial charge in [-0.1, -0.05) is 17.7 Å². The second kappa shape index (κ2) is 9.39. The molecule has 2 N–H and O–H groups in total. The molecular weight excluding hydrogens is 428 g/mol. The number of rotatable bonds is 6. The molecule has 30 heavy (non-hydrogen) atoms. The second-order valence-corrected chi connectivity index (χ2v) is 7.52. The van der Waals surface area contributed by atoms with Gasteiger partial charge in [0.25, 0.3) is 5.91 Å². The van der Waals surface area contributed by atoms with Gasteiger partial charge < -0.3 is 10.1 Å². The summed E-state index contributed by atoms with van der Waals surface area (Å²) in [6.45, 7) is 2.28.